The molecule has 0 aromatic heterocycles. The van der Waals surface area contributed by atoms with Crippen molar-refractivity contribution >= 4 is 5.78 Å². The summed E-state index contributed by atoms with van der Waals surface area (Å²) in [5.41, 5.74) is 2.61. The standard InChI is InChI=1S/C17H20O2/c18-15(17-13-6-3-7-14(13)17)10-16-12-5-2-1-4-11(12)8-9-19-16/h1-2,4-5,13-14,16-17H,3,6-10H2. The number of Topliss-reactive ketones (excluding diaryl/α,β-unsaturated/α-hetero) is 1. The lowest BCUT2D eigenvalue weighted by molar-refractivity contribution is -0.124. The minimum atomic E-state index is 0.0128. The number of hydrogen-bond donors (Lipinski definition) is 0. The van der Waals surface area contributed by atoms with Gasteiger partial charge in [0.1, 0.15) is 5.78 Å². The Kier molecular flexibility index (Phi) is 2.73. The van der Waals surface area contributed by atoms with E-state index in [1.807, 2.05) is 0 Å². The third-order valence-electron chi connectivity index (χ3n) is 5.26. The molecule has 0 bridgehead atoms. The summed E-state index contributed by atoms with van der Waals surface area (Å²) >= 11 is 0. The summed E-state index contributed by atoms with van der Waals surface area (Å²) in [5.74, 6) is 2.29. The van der Waals surface area contributed by atoms with Gasteiger partial charge in [-0.05, 0) is 42.2 Å². The van der Waals surface area contributed by atoms with Crippen molar-refractivity contribution in [1.82, 2.24) is 0 Å². The summed E-state index contributed by atoms with van der Waals surface area (Å²) in [6.07, 6.45) is 5.48. The molecular formula is C17H20O2. The summed E-state index contributed by atoms with van der Waals surface area (Å²) in [4.78, 5) is 12.4. The minimum Gasteiger partial charge on any atom is -0.373 e. The van der Waals surface area contributed by atoms with E-state index in [9.17, 15) is 4.79 Å². The van der Waals surface area contributed by atoms with Crippen LogP contribution in [0.15, 0.2) is 24.3 Å². The van der Waals surface area contributed by atoms with E-state index in [1.54, 1.807) is 0 Å². The Morgan fingerprint density at radius 3 is 2.84 bits per heavy atom. The maximum Gasteiger partial charge on any atom is 0.139 e. The van der Waals surface area contributed by atoms with Crippen LogP contribution >= 0.6 is 0 Å². The number of ether oxygens (including phenoxy) is 1. The van der Waals surface area contributed by atoms with Crippen molar-refractivity contribution < 1.29 is 9.53 Å². The summed E-state index contributed by atoms with van der Waals surface area (Å²) in [5, 5.41) is 0. The fourth-order valence-corrected chi connectivity index (χ4v) is 4.26. The van der Waals surface area contributed by atoms with Gasteiger partial charge in [-0.3, -0.25) is 4.79 Å². The Labute approximate surface area is 114 Å². The molecule has 2 aliphatic carbocycles. The van der Waals surface area contributed by atoms with Crippen LogP contribution in [0.25, 0.3) is 0 Å². The van der Waals surface area contributed by atoms with Gasteiger partial charge in [0.25, 0.3) is 0 Å². The zero-order chi connectivity index (χ0) is 12.8. The molecule has 4 rings (SSSR count). The number of hydrogen-bond acceptors (Lipinski definition) is 2. The highest BCUT2D eigenvalue weighted by molar-refractivity contribution is 5.85. The molecule has 1 aromatic rings. The molecule has 2 heteroatoms. The maximum atomic E-state index is 12.4. The molecule has 19 heavy (non-hydrogen) atoms. The third kappa shape index (κ3) is 1.93. The Bertz CT molecular complexity index is 498. The van der Waals surface area contributed by atoms with Gasteiger partial charge in [-0.1, -0.05) is 30.7 Å². The molecular weight excluding hydrogens is 236 g/mol. The van der Waals surface area contributed by atoms with Gasteiger partial charge in [0, 0.05) is 12.3 Å². The van der Waals surface area contributed by atoms with Gasteiger partial charge in [-0.2, -0.15) is 0 Å². The first-order valence-corrected chi connectivity index (χ1v) is 7.57. The SMILES string of the molecule is O=C(CC1OCCc2ccccc21)C1C2CCCC21. The Hall–Kier alpha value is -1.15. The van der Waals surface area contributed by atoms with Gasteiger partial charge in [-0.15, -0.1) is 0 Å². The summed E-state index contributed by atoms with van der Waals surface area (Å²) in [7, 11) is 0. The lowest BCUT2D eigenvalue weighted by Crippen LogP contribution is -2.20. The van der Waals surface area contributed by atoms with E-state index in [2.05, 4.69) is 24.3 Å². The predicted octanol–water partition coefficient (Wildman–Crippen LogP) is 3.31. The molecule has 0 spiro atoms. The fraction of sp³-hybridized carbons (Fsp3) is 0.588. The van der Waals surface area contributed by atoms with Crippen LogP contribution in [0.4, 0.5) is 0 Å². The molecule has 3 aliphatic rings. The summed E-state index contributed by atoms with van der Waals surface area (Å²) < 4.78 is 5.85. The van der Waals surface area contributed by atoms with Crippen LogP contribution in [-0.2, 0) is 16.0 Å². The first kappa shape index (κ1) is 11.7. The second kappa shape index (κ2) is 4.45. The van der Waals surface area contributed by atoms with E-state index in [4.69, 9.17) is 4.74 Å². The highest BCUT2D eigenvalue weighted by Gasteiger charge is 2.56. The van der Waals surface area contributed by atoms with Crippen molar-refractivity contribution in [1.29, 1.82) is 0 Å². The quantitative estimate of drug-likeness (QED) is 0.829. The van der Waals surface area contributed by atoms with E-state index in [-0.39, 0.29) is 6.10 Å². The Balaban J connectivity index is 1.48. The van der Waals surface area contributed by atoms with E-state index in [0.29, 0.717) is 18.1 Å². The van der Waals surface area contributed by atoms with Crippen molar-refractivity contribution in [2.24, 2.45) is 17.8 Å². The molecule has 0 N–H and O–H groups in total. The predicted molar refractivity (Wildman–Crippen MR) is 72.8 cm³/mol. The molecule has 1 aromatic carbocycles. The molecule has 2 fully saturated rings. The van der Waals surface area contributed by atoms with Crippen LogP contribution in [0.1, 0.15) is 42.9 Å². The average Bonchev–Trinajstić information content (AvgIpc) is 2.93. The largest absolute Gasteiger partial charge is 0.373 e. The van der Waals surface area contributed by atoms with E-state index < -0.39 is 0 Å². The van der Waals surface area contributed by atoms with Gasteiger partial charge < -0.3 is 4.74 Å². The van der Waals surface area contributed by atoms with Crippen molar-refractivity contribution in [3.8, 4) is 0 Å². The molecule has 3 atom stereocenters. The van der Waals surface area contributed by atoms with Gasteiger partial charge >= 0.3 is 0 Å². The lowest BCUT2D eigenvalue weighted by Gasteiger charge is -2.25. The summed E-state index contributed by atoms with van der Waals surface area (Å²) in [6, 6.07) is 8.42. The minimum absolute atomic E-state index is 0.0128. The number of carbonyl (C=O) groups excluding carboxylic acids is 1. The first-order valence-electron chi connectivity index (χ1n) is 7.57. The molecule has 0 amide bonds. The topological polar surface area (TPSA) is 26.3 Å². The van der Waals surface area contributed by atoms with E-state index >= 15 is 0 Å². The normalized spacial score (nSPS) is 35.6. The van der Waals surface area contributed by atoms with Crippen LogP contribution in [0.2, 0.25) is 0 Å². The zero-order valence-corrected chi connectivity index (χ0v) is 11.2. The van der Waals surface area contributed by atoms with Crippen LogP contribution in [0.3, 0.4) is 0 Å². The third-order valence-corrected chi connectivity index (χ3v) is 5.26. The highest BCUT2D eigenvalue weighted by atomic mass is 16.5. The van der Waals surface area contributed by atoms with Gasteiger partial charge in [-0.25, -0.2) is 0 Å². The second-order valence-electron chi connectivity index (χ2n) is 6.26. The number of carbonyl (C=O) groups is 1. The maximum absolute atomic E-state index is 12.4. The van der Waals surface area contributed by atoms with Gasteiger partial charge in [0.15, 0.2) is 0 Å². The number of fused-ring (bicyclic) bond motifs is 2. The Morgan fingerprint density at radius 1 is 1.21 bits per heavy atom. The van der Waals surface area contributed by atoms with Crippen LogP contribution in [0.5, 0.6) is 0 Å². The number of rotatable bonds is 3. The van der Waals surface area contributed by atoms with Crippen LogP contribution in [0, 0.1) is 17.8 Å². The highest BCUT2D eigenvalue weighted by Crippen LogP contribution is 2.58. The molecule has 2 nitrogen and oxygen atoms in total. The smallest absolute Gasteiger partial charge is 0.139 e. The lowest BCUT2D eigenvalue weighted by atomic mass is 9.93. The molecule has 1 heterocycles. The summed E-state index contributed by atoms with van der Waals surface area (Å²) in [6.45, 7) is 0.756. The molecule has 0 radical (unpaired) electrons. The van der Waals surface area contributed by atoms with Gasteiger partial charge in [0.05, 0.1) is 12.7 Å². The van der Waals surface area contributed by atoms with Crippen molar-refractivity contribution in [2.75, 3.05) is 6.61 Å². The monoisotopic (exact) mass is 256 g/mol. The molecule has 2 saturated carbocycles. The molecule has 3 unspecified atom stereocenters. The van der Waals surface area contributed by atoms with E-state index in [1.165, 1.54) is 30.4 Å². The van der Waals surface area contributed by atoms with Crippen LogP contribution in [-0.4, -0.2) is 12.4 Å². The number of benzene rings is 1. The van der Waals surface area contributed by atoms with Crippen LogP contribution < -0.4 is 0 Å². The molecule has 1 aliphatic heterocycles. The number of ketones is 1. The zero-order valence-electron chi connectivity index (χ0n) is 11.2. The van der Waals surface area contributed by atoms with Crippen molar-refractivity contribution in [3.05, 3.63) is 35.4 Å². The average molecular weight is 256 g/mol. The second-order valence-corrected chi connectivity index (χ2v) is 6.26. The fourth-order valence-electron chi connectivity index (χ4n) is 4.26. The first-order chi connectivity index (χ1) is 9.34. The van der Waals surface area contributed by atoms with E-state index in [0.717, 1.165) is 24.9 Å². The van der Waals surface area contributed by atoms with Crippen molar-refractivity contribution in [2.45, 2.75) is 38.2 Å². The van der Waals surface area contributed by atoms with Gasteiger partial charge in [0.2, 0.25) is 0 Å². The Morgan fingerprint density at radius 2 is 2.00 bits per heavy atom. The molecule has 100 valence electrons. The molecule has 0 saturated heterocycles. The van der Waals surface area contributed by atoms with Crippen molar-refractivity contribution in [3.63, 3.8) is 0 Å².